The smallest absolute Gasteiger partial charge is 0.226 e. The molecule has 1 atom stereocenters. The zero-order valence-electron chi connectivity index (χ0n) is 10.7. The Morgan fingerprint density at radius 1 is 1.47 bits per heavy atom. The summed E-state index contributed by atoms with van der Waals surface area (Å²) in [5.41, 5.74) is 2.55. The summed E-state index contributed by atoms with van der Waals surface area (Å²) in [6.45, 7) is 3.59. The molecule has 0 saturated carbocycles. The van der Waals surface area contributed by atoms with Crippen molar-refractivity contribution >= 4 is 28.6 Å². The predicted molar refractivity (Wildman–Crippen MR) is 78.5 cm³/mol. The van der Waals surface area contributed by atoms with Crippen LogP contribution in [0.2, 0.25) is 0 Å². The number of fused-ring (bicyclic) bond motifs is 1. The largest absolute Gasteiger partial charge is 0.482 e. The molecule has 0 spiro atoms. The van der Waals surface area contributed by atoms with Gasteiger partial charge in [0.25, 0.3) is 0 Å². The number of rotatable bonds is 3. The zero-order chi connectivity index (χ0) is 14.0. The van der Waals surface area contributed by atoms with Gasteiger partial charge < -0.3 is 4.74 Å². The average Bonchev–Trinajstić information content (AvgIpc) is 2.37. The normalized spacial score (nSPS) is 11.9. The maximum atomic E-state index is 11.1. The van der Waals surface area contributed by atoms with Gasteiger partial charge in [0.2, 0.25) is 5.12 Å². The van der Waals surface area contributed by atoms with Crippen LogP contribution in [0, 0.1) is 19.3 Å². The van der Waals surface area contributed by atoms with Gasteiger partial charge in [-0.3, -0.25) is 9.78 Å². The third kappa shape index (κ3) is 2.88. The summed E-state index contributed by atoms with van der Waals surface area (Å²) in [6.07, 6.45) is 6.43. The van der Waals surface area contributed by atoms with E-state index in [4.69, 9.17) is 11.2 Å². The van der Waals surface area contributed by atoms with E-state index >= 15 is 0 Å². The highest BCUT2D eigenvalue weighted by atomic mass is 32.1. The minimum absolute atomic E-state index is 0.312. The van der Waals surface area contributed by atoms with E-state index in [2.05, 4.69) is 23.5 Å². The number of pyridine rings is 1. The molecule has 0 aliphatic heterocycles. The molecule has 0 aliphatic carbocycles. The van der Waals surface area contributed by atoms with Gasteiger partial charge in [-0.2, -0.15) is 0 Å². The Morgan fingerprint density at radius 3 is 2.84 bits per heavy atom. The van der Waals surface area contributed by atoms with Crippen LogP contribution in [0.25, 0.3) is 10.9 Å². The number of benzene rings is 1. The van der Waals surface area contributed by atoms with Gasteiger partial charge in [-0.25, -0.2) is 0 Å². The molecule has 0 radical (unpaired) electrons. The number of hydrogen-bond acceptors (Lipinski definition) is 3. The van der Waals surface area contributed by atoms with Gasteiger partial charge in [-0.15, -0.1) is 19.1 Å². The molecule has 1 aromatic heterocycles. The molecule has 0 aliphatic rings. The molecule has 2 aromatic rings. The lowest BCUT2D eigenvalue weighted by Gasteiger charge is -2.13. The highest BCUT2D eigenvalue weighted by Gasteiger charge is 2.11. The molecule has 0 fully saturated rings. The van der Waals surface area contributed by atoms with Crippen molar-refractivity contribution < 1.29 is 9.53 Å². The highest BCUT2D eigenvalue weighted by molar-refractivity contribution is 7.96. The van der Waals surface area contributed by atoms with Crippen molar-refractivity contribution in [3.8, 4) is 18.1 Å². The van der Waals surface area contributed by atoms with Crippen molar-refractivity contribution in [2.75, 3.05) is 0 Å². The third-order valence-corrected chi connectivity index (χ3v) is 3.14. The second-order valence-electron chi connectivity index (χ2n) is 4.28. The topological polar surface area (TPSA) is 39.2 Å². The number of ether oxygens (including phenoxy) is 1. The first-order valence-corrected chi connectivity index (χ1v) is 6.22. The van der Waals surface area contributed by atoms with E-state index in [1.54, 1.807) is 13.1 Å². The summed E-state index contributed by atoms with van der Waals surface area (Å²) in [5, 5.41) is 0.581. The number of carbonyl (C=O) groups excluding carboxylic acids is 1. The van der Waals surface area contributed by atoms with Crippen molar-refractivity contribution in [1.82, 2.24) is 4.98 Å². The van der Waals surface area contributed by atoms with E-state index in [1.165, 1.54) is 0 Å². The summed E-state index contributed by atoms with van der Waals surface area (Å²) in [7, 11) is 0. The van der Waals surface area contributed by atoms with Crippen LogP contribution in [0.4, 0.5) is 0 Å². The second-order valence-corrected chi connectivity index (χ2v) is 4.72. The lowest BCUT2D eigenvalue weighted by Crippen LogP contribution is -2.19. The van der Waals surface area contributed by atoms with Crippen molar-refractivity contribution in [3.63, 3.8) is 0 Å². The van der Waals surface area contributed by atoms with Crippen LogP contribution in [0.1, 0.15) is 18.1 Å². The van der Waals surface area contributed by atoms with Gasteiger partial charge >= 0.3 is 0 Å². The van der Waals surface area contributed by atoms with E-state index in [-0.39, 0.29) is 5.12 Å². The predicted octanol–water partition coefficient (Wildman–Crippen LogP) is 2.75. The van der Waals surface area contributed by atoms with Crippen LogP contribution < -0.4 is 4.74 Å². The van der Waals surface area contributed by atoms with E-state index in [0.717, 1.165) is 16.5 Å². The van der Waals surface area contributed by atoms with Crippen LogP contribution in [0.15, 0.2) is 24.4 Å². The van der Waals surface area contributed by atoms with E-state index in [1.807, 2.05) is 25.1 Å². The van der Waals surface area contributed by atoms with Crippen molar-refractivity contribution in [2.45, 2.75) is 20.0 Å². The Bertz CT molecular complexity index is 688. The van der Waals surface area contributed by atoms with Gasteiger partial charge in [0.15, 0.2) is 6.10 Å². The molecule has 3 nitrogen and oxygen atoms in total. The molecule has 0 N–H and O–H groups in total. The van der Waals surface area contributed by atoms with Gasteiger partial charge in [0.1, 0.15) is 5.75 Å². The number of carbonyl (C=O) groups is 1. The number of aryl methyl sites for hydroxylation is 1. The average molecular weight is 271 g/mol. The summed E-state index contributed by atoms with van der Waals surface area (Å²) < 4.78 is 5.53. The van der Waals surface area contributed by atoms with Crippen LogP contribution in [-0.4, -0.2) is 16.2 Å². The van der Waals surface area contributed by atoms with Crippen LogP contribution in [0.3, 0.4) is 0 Å². The molecule has 0 amide bonds. The van der Waals surface area contributed by atoms with Gasteiger partial charge in [0, 0.05) is 17.1 Å². The fraction of sp³-hybridized carbons (Fsp3) is 0.200. The van der Waals surface area contributed by atoms with Crippen molar-refractivity contribution in [1.29, 1.82) is 0 Å². The lowest BCUT2D eigenvalue weighted by molar-refractivity contribution is -0.116. The van der Waals surface area contributed by atoms with Crippen molar-refractivity contribution in [2.24, 2.45) is 0 Å². The first-order valence-electron chi connectivity index (χ1n) is 5.77. The van der Waals surface area contributed by atoms with E-state index in [0.29, 0.717) is 11.3 Å². The zero-order valence-corrected chi connectivity index (χ0v) is 11.6. The third-order valence-electron chi connectivity index (χ3n) is 2.77. The molecule has 1 aromatic carbocycles. The second kappa shape index (κ2) is 5.33. The SMILES string of the molecule is C#Cc1cnc2c(C)cc(OC(C)C(=O)S)cc2c1. The molecular weight excluding hydrogens is 258 g/mol. The summed E-state index contributed by atoms with van der Waals surface area (Å²) in [6, 6.07) is 5.54. The molecule has 1 unspecified atom stereocenters. The molecular formula is C15H13NO2S. The molecule has 19 heavy (non-hydrogen) atoms. The van der Waals surface area contributed by atoms with E-state index in [9.17, 15) is 4.79 Å². The fourth-order valence-electron chi connectivity index (χ4n) is 1.80. The number of aromatic nitrogens is 1. The maximum absolute atomic E-state index is 11.1. The van der Waals surface area contributed by atoms with E-state index < -0.39 is 6.10 Å². The number of terminal acetylenes is 1. The summed E-state index contributed by atoms with van der Waals surface area (Å²) >= 11 is 3.75. The Morgan fingerprint density at radius 2 is 2.21 bits per heavy atom. The Kier molecular flexibility index (Phi) is 3.77. The van der Waals surface area contributed by atoms with Crippen LogP contribution in [0.5, 0.6) is 5.75 Å². The summed E-state index contributed by atoms with van der Waals surface area (Å²) in [5.74, 6) is 3.15. The number of nitrogens with zero attached hydrogens (tertiary/aromatic N) is 1. The molecule has 0 bridgehead atoms. The van der Waals surface area contributed by atoms with Crippen molar-refractivity contribution in [3.05, 3.63) is 35.5 Å². The highest BCUT2D eigenvalue weighted by Crippen LogP contribution is 2.25. The quantitative estimate of drug-likeness (QED) is 0.689. The minimum atomic E-state index is -0.594. The lowest BCUT2D eigenvalue weighted by atomic mass is 10.1. The summed E-state index contributed by atoms with van der Waals surface area (Å²) in [4.78, 5) is 15.4. The maximum Gasteiger partial charge on any atom is 0.226 e. The molecule has 1 heterocycles. The Hall–Kier alpha value is -1.99. The van der Waals surface area contributed by atoms with Gasteiger partial charge in [0.05, 0.1) is 5.52 Å². The molecule has 0 saturated heterocycles. The Labute approximate surface area is 117 Å². The van der Waals surface area contributed by atoms with Crippen LogP contribution in [-0.2, 0) is 4.79 Å². The molecule has 4 heteroatoms. The minimum Gasteiger partial charge on any atom is -0.482 e. The monoisotopic (exact) mass is 271 g/mol. The molecule has 2 rings (SSSR count). The standard InChI is InChI=1S/C15H13NO2S/c1-4-11-6-12-7-13(18-10(3)15(17)19)5-9(2)14(12)16-8-11/h1,5-8,10H,2-3H3,(H,17,19). The Balaban J connectivity index is 2.48. The fourth-order valence-corrected chi connectivity index (χ4v) is 1.85. The van der Waals surface area contributed by atoms with Crippen LogP contribution >= 0.6 is 12.6 Å². The molecule has 96 valence electrons. The van der Waals surface area contributed by atoms with Gasteiger partial charge in [-0.05, 0) is 37.6 Å². The first kappa shape index (κ1) is 13.4. The number of hydrogen-bond donors (Lipinski definition) is 1. The van der Waals surface area contributed by atoms with Gasteiger partial charge in [-0.1, -0.05) is 5.92 Å². The number of thiol groups is 1. The first-order chi connectivity index (χ1) is 9.01.